The molecule has 0 saturated heterocycles. The van der Waals surface area contributed by atoms with Crippen molar-refractivity contribution in [2.24, 2.45) is 0 Å². The minimum atomic E-state index is 1.27. The first-order valence-corrected chi connectivity index (χ1v) is 7.46. The van der Waals surface area contributed by atoms with Gasteiger partial charge in [0, 0.05) is 14.6 Å². The van der Waals surface area contributed by atoms with Gasteiger partial charge in [0.1, 0.15) is 0 Å². The summed E-state index contributed by atoms with van der Waals surface area (Å²) >= 11 is 3.77. The summed E-state index contributed by atoms with van der Waals surface area (Å²) in [5.41, 5.74) is 1.57. The Morgan fingerprint density at radius 1 is 0.938 bits per heavy atom. The molecule has 0 radical (unpaired) electrons. The van der Waals surface area contributed by atoms with Crippen LogP contribution >= 0.6 is 22.7 Å². The van der Waals surface area contributed by atoms with Crippen molar-refractivity contribution in [2.75, 3.05) is 0 Å². The lowest BCUT2D eigenvalue weighted by Crippen LogP contribution is -1.88. The topological polar surface area (TPSA) is 0 Å². The van der Waals surface area contributed by atoms with E-state index in [4.69, 9.17) is 0 Å². The van der Waals surface area contributed by atoms with Gasteiger partial charge in [-0.25, -0.2) is 0 Å². The predicted octanol–water partition coefficient (Wildman–Crippen LogP) is 5.43. The van der Waals surface area contributed by atoms with E-state index < -0.39 is 0 Å². The van der Waals surface area contributed by atoms with E-state index in [0.717, 1.165) is 0 Å². The first kappa shape index (κ1) is 10.3. The Morgan fingerprint density at radius 2 is 1.88 bits per heavy atom. The molecule has 3 rings (SSSR count). The minimum absolute atomic E-state index is 1.27. The van der Waals surface area contributed by atoms with Gasteiger partial charge in [-0.15, -0.1) is 22.7 Å². The quantitative estimate of drug-likeness (QED) is 0.662. The summed E-state index contributed by atoms with van der Waals surface area (Å²) in [4.78, 5) is 4.28. The van der Waals surface area contributed by atoms with Gasteiger partial charge < -0.3 is 0 Å². The molecule has 0 fully saturated rings. The third-order valence-electron chi connectivity index (χ3n) is 2.98. The van der Waals surface area contributed by atoms with Crippen LogP contribution in [0, 0.1) is 0 Å². The second-order valence-electron chi connectivity index (χ2n) is 4.12. The first-order chi connectivity index (χ1) is 7.93. The van der Waals surface area contributed by atoms with E-state index in [-0.39, 0.29) is 0 Å². The van der Waals surface area contributed by atoms with E-state index in [0.29, 0.717) is 0 Å². The molecule has 82 valence electrons. The van der Waals surface area contributed by atoms with Gasteiger partial charge in [-0.3, -0.25) is 0 Å². The third-order valence-corrected chi connectivity index (χ3v) is 5.20. The van der Waals surface area contributed by atoms with Crippen LogP contribution in [0.25, 0.3) is 15.3 Å². The molecule has 0 nitrogen and oxygen atoms in total. The van der Waals surface area contributed by atoms with Crippen molar-refractivity contribution >= 4 is 28.2 Å². The first-order valence-electron chi connectivity index (χ1n) is 5.76. The summed E-state index contributed by atoms with van der Waals surface area (Å²) in [6, 6.07) is 8.88. The molecule has 1 aliphatic carbocycles. The molecule has 0 spiro atoms. The SMILES string of the molecule is C1=C(c2ccc(-c3cccs3)s2)CCCC1. The van der Waals surface area contributed by atoms with Crippen molar-refractivity contribution < 1.29 is 0 Å². The highest BCUT2D eigenvalue weighted by Crippen LogP contribution is 2.37. The zero-order valence-electron chi connectivity index (χ0n) is 9.11. The van der Waals surface area contributed by atoms with E-state index in [1.165, 1.54) is 40.3 Å². The van der Waals surface area contributed by atoms with Gasteiger partial charge in [0.25, 0.3) is 0 Å². The number of hydrogen-bond acceptors (Lipinski definition) is 2. The van der Waals surface area contributed by atoms with Gasteiger partial charge in [-0.1, -0.05) is 12.1 Å². The highest BCUT2D eigenvalue weighted by Gasteiger charge is 2.09. The number of rotatable bonds is 2. The van der Waals surface area contributed by atoms with Gasteiger partial charge >= 0.3 is 0 Å². The van der Waals surface area contributed by atoms with Crippen LogP contribution in [0.1, 0.15) is 30.6 Å². The second kappa shape index (κ2) is 4.56. The fourth-order valence-electron chi connectivity index (χ4n) is 2.12. The molecule has 0 saturated carbocycles. The van der Waals surface area contributed by atoms with E-state index in [2.05, 4.69) is 35.7 Å². The lowest BCUT2D eigenvalue weighted by Gasteiger charge is -2.10. The third kappa shape index (κ3) is 2.00. The fraction of sp³-hybridized carbons (Fsp3) is 0.286. The molecule has 0 N–H and O–H groups in total. The predicted molar refractivity (Wildman–Crippen MR) is 74.1 cm³/mol. The Bertz CT molecular complexity index is 489. The Morgan fingerprint density at radius 3 is 2.62 bits per heavy atom. The van der Waals surface area contributed by atoms with Gasteiger partial charge in [0.05, 0.1) is 0 Å². The zero-order valence-corrected chi connectivity index (χ0v) is 10.7. The molecule has 16 heavy (non-hydrogen) atoms. The Balaban J connectivity index is 1.90. The highest BCUT2D eigenvalue weighted by molar-refractivity contribution is 7.21. The van der Waals surface area contributed by atoms with Gasteiger partial charge in [0.15, 0.2) is 0 Å². The molecule has 2 aromatic heterocycles. The lowest BCUT2D eigenvalue weighted by molar-refractivity contribution is 0.743. The average Bonchev–Trinajstić information content (AvgIpc) is 3.01. The summed E-state index contributed by atoms with van der Waals surface area (Å²) in [6.07, 6.45) is 7.68. The maximum atomic E-state index is 2.42. The molecular formula is C14H14S2. The van der Waals surface area contributed by atoms with Crippen LogP contribution in [-0.2, 0) is 0 Å². The van der Waals surface area contributed by atoms with Gasteiger partial charge in [0.2, 0.25) is 0 Å². The number of thiophene rings is 2. The van der Waals surface area contributed by atoms with Crippen LogP contribution in [0.3, 0.4) is 0 Å². The van der Waals surface area contributed by atoms with Crippen LogP contribution < -0.4 is 0 Å². The van der Waals surface area contributed by atoms with Crippen molar-refractivity contribution in [3.05, 3.63) is 40.6 Å². The molecule has 2 heterocycles. The molecule has 1 aliphatic rings. The molecule has 0 bridgehead atoms. The Labute approximate surface area is 104 Å². The lowest BCUT2D eigenvalue weighted by atomic mass is 9.99. The molecule has 0 amide bonds. The maximum Gasteiger partial charge on any atom is 0.0449 e. The summed E-state index contributed by atoms with van der Waals surface area (Å²) in [5, 5.41) is 2.15. The van der Waals surface area contributed by atoms with Crippen molar-refractivity contribution in [3.8, 4) is 9.75 Å². The van der Waals surface area contributed by atoms with Crippen molar-refractivity contribution in [3.63, 3.8) is 0 Å². The number of allylic oxidation sites excluding steroid dienone is 2. The zero-order chi connectivity index (χ0) is 10.8. The Kier molecular flexibility index (Phi) is 2.94. The van der Waals surface area contributed by atoms with Crippen molar-refractivity contribution in [1.29, 1.82) is 0 Å². The number of hydrogen-bond donors (Lipinski definition) is 0. The maximum absolute atomic E-state index is 2.42. The summed E-state index contributed by atoms with van der Waals surface area (Å²) in [7, 11) is 0. The average molecular weight is 246 g/mol. The molecule has 2 aromatic rings. The summed E-state index contributed by atoms with van der Waals surface area (Å²) in [5.74, 6) is 0. The molecule has 0 aliphatic heterocycles. The smallest absolute Gasteiger partial charge is 0.0449 e. The van der Waals surface area contributed by atoms with Crippen molar-refractivity contribution in [2.45, 2.75) is 25.7 Å². The summed E-state index contributed by atoms with van der Waals surface area (Å²) in [6.45, 7) is 0. The van der Waals surface area contributed by atoms with Gasteiger partial charge in [-0.05, 0) is 54.8 Å². The molecule has 2 heteroatoms. The largest absolute Gasteiger partial charge is 0.143 e. The minimum Gasteiger partial charge on any atom is -0.143 e. The van der Waals surface area contributed by atoms with Crippen LogP contribution in [0.4, 0.5) is 0 Å². The van der Waals surface area contributed by atoms with Crippen LogP contribution in [0.2, 0.25) is 0 Å². The van der Waals surface area contributed by atoms with Crippen LogP contribution in [-0.4, -0.2) is 0 Å². The highest BCUT2D eigenvalue weighted by atomic mass is 32.1. The summed E-state index contributed by atoms with van der Waals surface area (Å²) < 4.78 is 0. The molecule has 0 unspecified atom stereocenters. The molecule has 0 atom stereocenters. The monoisotopic (exact) mass is 246 g/mol. The van der Waals surface area contributed by atoms with Crippen LogP contribution in [0.5, 0.6) is 0 Å². The normalized spacial score (nSPS) is 16.1. The van der Waals surface area contributed by atoms with E-state index in [9.17, 15) is 0 Å². The molecule has 0 aromatic carbocycles. The standard InChI is InChI=1S/C14H14S2/c1-2-5-11(6-3-1)12-8-9-14(16-12)13-7-4-10-15-13/h4-5,7-10H,1-3,6H2. The van der Waals surface area contributed by atoms with E-state index in [1.54, 1.807) is 5.57 Å². The molecular weight excluding hydrogens is 232 g/mol. The van der Waals surface area contributed by atoms with Crippen LogP contribution in [0.15, 0.2) is 35.7 Å². The van der Waals surface area contributed by atoms with Gasteiger partial charge in [-0.2, -0.15) is 0 Å². The van der Waals surface area contributed by atoms with E-state index >= 15 is 0 Å². The Hall–Kier alpha value is -0.860. The fourth-order valence-corrected chi connectivity index (χ4v) is 4.03. The second-order valence-corrected chi connectivity index (χ2v) is 6.15. The van der Waals surface area contributed by atoms with Crippen molar-refractivity contribution in [1.82, 2.24) is 0 Å². The van der Waals surface area contributed by atoms with E-state index in [1.807, 2.05) is 22.7 Å².